The average Bonchev–Trinajstić information content (AvgIpc) is 3.11. The van der Waals surface area contributed by atoms with Crippen LogP contribution >= 0.6 is 0 Å². The van der Waals surface area contributed by atoms with E-state index in [2.05, 4.69) is 18.7 Å². The van der Waals surface area contributed by atoms with Crippen molar-refractivity contribution in [2.75, 3.05) is 40.4 Å². The van der Waals surface area contributed by atoms with Crippen molar-refractivity contribution >= 4 is 17.4 Å². The lowest BCUT2D eigenvalue weighted by Gasteiger charge is -2.27. The Bertz CT molecular complexity index is 1010. The number of carbonyl (C=O) groups is 2. The monoisotopic (exact) mass is 452 g/mol. The summed E-state index contributed by atoms with van der Waals surface area (Å²) in [6.45, 7) is 7.24. The number of rotatable bonds is 10. The second-order valence-electron chi connectivity index (χ2n) is 7.85. The van der Waals surface area contributed by atoms with Gasteiger partial charge in [-0.05, 0) is 43.8 Å². The Morgan fingerprint density at radius 3 is 2.27 bits per heavy atom. The van der Waals surface area contributed by atoms with Gasteiger partial charge in [0.05, 0.1) is 25.8 Å². The summed E-state index contributed by atoms with van der Waals surface area (Å²) in [5.41, 5.74) is 1.25. The van der Waals surface area contributed by atoms with Gasteiger partial charge in [0.1, 0.15) is 5.76 Å². The molecule has 0 aliphatic carbocycles. The van der Waals surface area contributed by atoms with Gasteiger partial charge < -0.3 is 24.4 Å². The number of amides is 1. The van der Waals surface area contributed by atoms with Gasteiger partial charge in [-0.3, -0.25) is 9.59 Å². The topological polar surface area (TPSA) is 79.3 Å². The zero-order valence-corrected chi connectivity index (χ0v) is 19.7. The van der Waals surface area contributed by atoms with Crippen LogP contribution < -0.4 is 9.47 Å². The van der Waals surface area contributed by atoms with Crippen LogP contribution in [-0.2, 0) is 9.59 Å². The van der Waals surface area contributed by atoms with E-state index in [1.54, 1.807) is 54.5 Å². The molecule has 33 heavy (non-hydrogen) atoms. The highest BCUT2D eigenvalue weighted by atomic mass is 16.5. The summed E-state index contributed by atoms with van der Waals surface area (Å²) in [6.07, 6.45) is 0.712. The molecule has 1 N–H and O–H groups in total. The van der Waals surface area contributed by atoms with E-state index < -0.39 is 17.7 Å². The summed E-state index contributed by atoms with van der Waals surface area (Å²) in [4.78, 5) is 30.0. The maximum Gasteiger partial charge on any atom is 0.295 e. The van der Waals surface area contributed by atoms with Gasteiger partial charge in [0.15, 0.2) is 11.5 Å². The zero-order chi connectivity index (χ0) is 24.0. The zero-order valence-electron chi connectivity index (χ0n) is 19.7. The van der Waals surface area contributed by atoms with Crippen LogP contribution in [0.5, 0.6) is 11.5 Å². The molecule has 2 aromatic rings. The molecule has 1 unspecified atom stereocenters. The molecule has 176 valence electrons. The van der Waals surface area contributed by atoms with E-state index in [9.17, 15) is 14.7 Å². The van der Waals surface area contributed by atoms with Gasteiger partial charge in [-0.15, -0.1) is 0 Å². The van der Waals surface area contributed by atoms with Gasteiger partial charge in [0, 0.05) is 12.1 Å². The molecule has 1 heterocycles. The Balaban J connectivity index is 2.07. The minimum Gasteiger partial charge on any atom is -0.507 e. The molecule has 2 aromatic carbocycles. The first-order chi connectivity index (χ1) is 16.0. The Morgan fingerprint density at radius 2 is 1.67 bits per heavy atom. The molecule has 0 spiro atoms. The number of ether oxygens (including phenoxy) is 2. The molecule has 0 aromatic heterocycles. The third-order valence-corrected chi connectivity index (χ3v) is 6.08. The van der Waals surface area contributed by atoms with E-state index >= 15 is 0 Å². The largest absolute Gasteiger partial charge is 0.507 e. The first kappa shape index (κ1) is 24.3. The Kier molecular flexibility index (Phi) is 8.11. The van der Waals surface area contributed by atoms with Crippen molar-refractivity contribution in [1.29, 1.82) is 0 Å². The minimum absolute atomic E-state index is 0.0845. The average molecular weight is 453 g/mol. The van der Waals surface area contributed by atoms with Crippen LogP contribution in [0.3, 0.4) is 0 Å². The van der Waals surface area contributed by atoms with Crippen LogP contribution in [0.1, 0.15) is 37.4 Å². The molecule has 1 fully saturated rings. The molecule has 1 aliphatic heterocycles. The standard InChI is InChI=1S/C26H32N2O5/c1-5-27(6-2)15-10-16-28-23(19-13-14-20(32-3)21(17-19)33-4)22(25(30)26(28)31)24(29)18-11-8-7-9-12-18/h7-9,11-14,17,23,29H,5-6,10,15-16H2,1-4H3/b24-22-. The number of carbonyl (C=O) groups excluding carboxylic acids is 2. The number of aliphatic hydroxyl groups excluding tert-OH is 1. The summed E-state index contributed by atoms with van der Waals surface area (Å²) in [7, 11) is 3.08. The van der Waals surface area contributed by atoms with Crippen molar-refractivity contribution in [2.24, 2.45) is 0 Å². The summed E-state index contributed by atoms with van der Waals surface area (Å²) in [5, 5.41) is 11.1. The van der Waals surface area contributed by atoms with Gasteiger partial charge in [0.25, 0.3) is 11.7 Å². The molecule has 1 amide bonds. The quantitative estimate of drug-likeness (QED) is 0.335. The number of benzene rings is 2. The molecule has 0 radical (unpaired) electrons. The van der Waals surface area contributed by atoms with Crippen LogP contribution in [0.25, 0.3) is 5.76 Å². The van der Waals surface area contributed by atoms with Gasteiger partial charge in [-0.1, -0.05) is 50.2 Å². The lowest BCUT2D eigenvalue weighted by atomic mass is 9.95. The maximum atomic E-state index is 13.1. The Labute approximate surface area is 195 Å². The van der Waals surface area contributed by atoms with Crippen LogP contribution in [0.15, 0.2) is 54.1 Å². The van der Waals surface area contributed by atoms with Crippen molar-refractivity contribution < 1.29 is 24.2 Å². The number of Topliss-reactive ketones (excluding diaryl/α,β-unsaturated/α-hetero) is 1. The van der Waals surface area contributed by atoms with Crippen LogP contribution in [0, 0.1) is 0 Å². The fourth-order valence-electron chi connectivity index (χ4n) is 4.24. The third-order valence-electron chi connectivity index (χ3n) is 6.08. The minimum atomic E-state index is -0.721. The van der Waals surface area contributed by atoms with Crippen molar-refractivity contribution in [3.63, 3.8) is 0 Å². The van der Waals surface area contributed by atoms with Gasteiger partial charge in [-0.25, -0.2) is 0 Å². The number of nitrogens with zero attached hydrogens (tertiary/aromatic N) is 2. The third kappa shape index (κ3) is 5.03. The van der Waals surface area contributed by atoms with E-state index in [0.717, 1.165) is 19.6 Å². The van der Waals surface area contributed by atoms with Crippen molar-refractivity contribution in [2.45, 2.75) is 26.3 Å². The van der Waals surface area contributed by atoms with Crippen LogP contribution in [0.4, 0.5) is 0 Å². The highest BCUT2D eigenvalue weighted by molar-refractivity contribution is 6.46. The second kappa shape index (κ2) is 11.0. The van der Waals surface area contributed by atoms with Gasteiger partial charge >= 0.3 is 0 Å². The second-order valence-corrected chi connectivity index (χ2v) is 7.85. The molecular formula is C26H32N2O5. The first-order valence-corrected chi connectivity index (χ1v) is 11.2. The molecular weight excluding hydrogens is 420 g/mol. The predicted octanol–water partition coefficient (Wildman–Crippen LogP) is 3.86. The van der Waals surface area contributed by atoms with Gasteiger partial charge in [0.2, 0.25) is 0 Å². The molecule has 7 heteroatoms. The number of ketones is 1. The summed E-state index contributed by atoms with van der Waals surface area (Å²) in [5.74, 6) is -0.433. The maximum absolute atomic E-state index is 13.1. The first-order valence-electron chi connectivity index (χ1n) is 11.2. The van der Waals surface area contributed by atoms with Crippen molar-refractivity contribution in [3.8, 4) is 11.5 Å². The molecule has 0 saturated carbocycles. The fraction of sp³-hybridized carbons (Fsp3) is 0.385. The number of hydrogen-bond donors (Lipinski definition) is 1. The van der Waals surface area contributed by atoms with E-state index in [1.165, 1.54) is 7.11 Å². The van der Waals surface area contributed by atoms with Crippen molar-refractivity contribution in [3.05, 3.63) is 65.2 Å². The number of hydrogen-bond acceptors (Lipinski definition) is 6. The predicted molar refractivity (Wildman–Crippen MR) is 127 cm³/mol. The Morgan fingerprint density at radius 1 is 1.00 bits per heavy atom. The van der Waals surface area contributed by atoms with Crippen LogP contribution in [-0.4, -0.2) is 67.0 Å². The SMILES string of the molecule is CCN(CC)CCCN1C(=O)C(=O)/C(=C(\O)c2ccccc2)C1c1ccc(OC)c(OC)c1. The summed E-state index contributed by atoms with van der Waals surface area (Å²) >= 11 is 0. The molecule has 3 rings (SSSR count). The smallest absolute Gasteiger partial charge is 0.295 e. The number of aliphatic hydroxyl groups is 1. The number of likely N-dealkylation sites (tertiary alicyclic amines) is 1. The van der Waals surface area contributed by atoms with E-state index in [4.69, 9.17) is 9.47 Å². The highest BCUT2D eigenvalue weighted by Crippen LogP contribution is 2.41. The lowest BCUT2D eigenvalue weighted by molar-refractivity contribution is -0.140. The normalized spacial score (nSPS) is 17.6. The van der Waals surface area contributed by atoms with Gasteiger partial charge in [-0.2, -0.15) is 0 Å². The number of methoxy groups -OCH3 is 2. The van der Waals surface area contributed by atoms with Crippen molar-refractivity contribution in [1.82, 2.24) is 9.80 Å². The molecule has 0 bridgehead atoms. The molecule has 1 atom stereocenters. The summed E-state index contributed by atoms with van der Waals surface area (Å²) in [6, 6.07) is 13.4. The summed E-state index contributed by atoms with van der Waals surface area (Å²) < 4.78 is 10.8. The highest BCUT2D eigenvalue weighted by Gasteiger charge is 2.46. The van der Waals surface area contributed by atoms with Crippen LogP contribution in [0.2, 0.25) is 0 Å². The fourth-order valence-corrected chi connectivity index (χ4v) is 4.24. The lowest BCUT2D eigenvalue weighted by Crippen LogP contribution is -2.33. The van der Waals surface area contributed by atoms with E-state index in [-0.39, 0.29) is 11.3 Å². The van der Waals surface area contributed by atoms with E-state index in [1.807, 2.05) is 6.07 Å². The molecule has 1 saturated heterocycles. The Hall–Kier alpha value is -3.32. The molecule has 1 aliphatic rings. The van der Waals surface area contributed by atoms with E-state index in [0.29, 0.717) is 35.6 Å². The molecule has 7 nitrogen and oxygen atoms in total.